The largest absolute Gasteiger partial charge is 0.489 e. The van der Waals surface area contributed by atoms with E-state index in [1.54, 1.807) is 18.5 Å². The van der Waals surface area contributed by atoms with Gasteiger partial charge in [-0.2, -0.15) is 0 Å². The summed E-state index contributed by atoms with van der Waals surface area (Å²) in [6.07, 6.45) is 3.36. The van der Waals surface area contributed by atoms with Crippen LogP contribution < -0.4 is 10.4 Å². The molecule has 0 saturated heterocycles. The van der Waals surface area contributed by atoms with Crippen molar-refractivity contribution in [2.24, 2.45) is 0 Å². The summed E-state index contributed by atoms with van der Waals surface area (Å²) in [5.74, 6) is 0.213. The number of methoxy groups -OCH3 is 1. The maximum atomic E-state index is 12.0. The minimum Gasteiger partial charge on any atom is -0.489 e. The molecule has 1 aromatic carbocycles. The third-order valence-corrected chi connectivity index (χ3v) is 2.94. The summed E-state index contributed by atoms with van der Waals surface area (Å²) >= 11 is 0. The maximum Gasteiger partial charge on any atom is 0.379 e. The highest BCUT2D eigenvalue weighted by Crippen LogP contribution is 2.33. The van der Waals surface area contributed by atoms with Gasteiger partial charge in [0, 0.05) is 23.3 Å². The number of hydrogen-bond acceptors (Lipinski definition) is 4. The summed E-state index contributed by atoms with van der Waals surface area (Å²) in [5.41, 5.74) is 1.67. The lowest BCUT2D eigenvalue weighted by molar-refractivity contribution is 0.387. The topological polar surface area (TPSA) is 52.3 Å². The highest BCUT2D eigenvalue weighted by molar-refractivity contribution is 5.96. The zero-order valence-electron chi connectivity index (χ0n) is 10.3. The number of pyridine rings is 1. The summed E-state index contributed by atoms with van der Waals surface area (Å²) in [5, 5.41) is 0.838. The van der Waals surface area contributed by atoms with Crippen LogP contribution in [0.25, 0.3) is 22.1 Å². The van der Waals surface area contributed by atoms with Crippen LogP contribution >= 0.6 is 0 Å². The molecule has 0 atom stereocenters. The molecule has 0 bridgehead atoms. The van der Waals surface area contributed by atoms with E-state index in [-0.39, 0.29) is 5.75 Å². The van der Waals surface area contributed by atoms with Gasteiger partial charge in [-0.05, 0) is 23.8 Å². The van der Waals surface area contributed by atoms with E-state index < -0.39 is 5.63 Å². The number of benzene rings is 1. The lowest BCUT2D eigenvalue weighted by atomic mass is 10.0. The van der Waals surface area contributed by atoms with Crippen LogP contribution in [-0.2, 0) is 0 Å². The third kappa shape index (κ3) is 1.87. The van der Waals surface area contributed by atoms with Gasteiger partial charge in [-0.3, -0.25) is 4.98 Å². The van der Waals surface area contributed by atoms with Crippen LogP contribution in [0.15, 0.2) is 58.0 Å². The van der Waals surface area contributed by atoms with E-state index >= 15 is 0 Å². The van der Waals surface area contributed by atoms with Crippen LogP contribution in [0, 0.1) is 0 Å². The summed E-state index contributed by atoms with van der Waals surface area (Å²) in [4.78, 5) is 15.9. The summed E-state index contributed by atoms with van der Waals surface area (Å²) < 4.78 is 10.5. The number of para-hydroxylation sites is 1. The average Bonchev–Trinajstić information content (AvgIpc) is 2.46. The predicted molar refractivity (Wildman–Crippen MR) is 72.3 cm³/mol. The van der Waals surface area contributed by atoms with Crippen molar-refractivity contribution in [1.29, 1.82) is 0 Å². The van der Waals surface area contributed by atoms with Gasteiger partial charge in [-0.15, -0.1) is 0 Å². The first-order valence-electron chi connectivity index (χ1n) is 5.81. The van der Waals surface area contributed by atoms with Crippen LogP contribution in [0.2, 0.25) is 0 Å². The number of fused-ring (bicyclic) bond motifs is 1. The fraction of sp³-hybridized carbons (Fsp3) is 0.0667. The van der Waals surface area contributed by atoms with E-state index in [0.717, 1.165) is 16.5 Å². The molecule has 0 fully saturated rings. The number of aromatic nitrogens is 1. The molecule has 2 heterocycles. The quantitative estimate of drug-likeness (QED) is 0.659. The monoisotopic (exact) mass is 253 g/mol. The summed E-state index contributed by atoms with van der Waals surface area (Å²) in [6.45, 7) is 0. The van der Waals surface area contributed by atoms with Gasteiger partial charge in [0.1, 0.15) is 5.58 Å². The lowest BCUT2D eigenvalue weighted by Crippen LogP contribution is -2.06. The van der Waals surface area contributed by atoms with Gasteiger partial charge >= 0.3 is 5.63 Å². The molecule has 3 rings (SSSR count). The van der Waals surface area contributed by atoms with Gasteiger partial charge in [0.2, 0.25) is 5.75 Å². The van der Waals surface area contributed by atoms with Gasteiger partial charge in [0.05, 0.1) is 7.11 Å². The van der Waals surface area contributed by atoms with Crippen LogP contribution in [0.3, 0.4) is 0 Å². The van der Waals surface area contributed by atoms with Crippen LogP contribution in [0.5, 0.6) is 5.75 Å². The predicted octanol–water partition coefficient (Wildman–Crippen LogP) is 2.86. The van der Waals surface area contributed by atoms with Crippen molar-refractivity contribution in [1.82, 2.24) is 4.98 Å². The molecule has 4 heteroatoms. The molecule has 3 aromatic rings. The number of nitrogens with zero attached hydrogens (tertiary/aromatic N) is 1. The van der Waals surface area contributed by atoms with Gasteiger partial charge in [-0.1, -0.05) is 18.2 Å². The standard InChI is InChI=1S/C15H11NO3/c1-18-14-13(10-6-8-16-9-7-10)11-4-2-3-5-12(11)19-15(14)17/h2-9H,1H3. The molecule has 4 nitrogen and oxygen atoms in total. The second kappa shape index (κ2) is 4.57. The zero-order valence-corrected chi connectivity index (χ0v) is 10.3. The van der Waals surface area contributed by atoms with Crippen molar-refractivity contribution in [2.75, 3.05) is 7.11 Å². The van der Waals surface area contributed by atoms with E-state index in [1.165, 1.54) is 7.11 Å². The molecule has 19 heavy (non-hydrogen) atoms. The van der Waals surface area contributed by atoms with Crippen LogP contribution in [0.4, 0.5) is 0 Å². The number of rotatable bonds is 2. The Morgan fingerprint density at radius 2 is 1.84 bits per heavy atom. The molecule has 94 valence electrons. The molecular formula is C15H11NO3. The number of ether oxygens (including phenoxy) is 1. The van der Waals surface area contributed by atoms with Crippen molar-refractivity contribution < 1.29 is 9.15 Å². The molecule has 0 radical (unpaired) electrons. The van der Waals surface area contributed by atoms with Gasteiger partial charge < -0.3 is 9.15 Å². The second-order valence-corrected chi connectivity index (χ2v) is 4.03. The van der Waals surface area contributed by atoms with Crippen molar-refractivity contribution in [3.63, 3.8) is 0 Å². The normalized spacial score (nSPS) is 10.6. The molecular weight excluding hydrogens is 242 g/mol. The van der Waals surface area contributed by atoms with Crippen LogP contribution in [-0.4, -0.2) is 12.1 Å². The molecule has 0 aliphatic carbocycles. The first-order valence-corrected chi connectivity index (χ1v) is 5.81. The van der Waals surface area contributed by atoms with Crippen molar-refractivity contribution in [3.05, 3.63) is 59.2 Å². The molecule has 0 spiro atoms. The number of hydrogen-bond donors (Lipinski definition) is 0. The van der Waals surface area contributed by atoms with E-state index in [9.17, 15) is 4.79 Å². The molecule has 0 saturated carbocycles. The van der Waals surface area contributed by atoms with Crippen molar-refractivity contribution in [2.45, 2.75) is 0 Å². The Morgan fingerprint density at radius 1 is 1.11 bits per heavy atom. The molecule has 0 aliphatic heterocycles. The van der Waals surface area contributed by atoms with Crippen LogP contribution in [0.1, 0.15) is 0 Å². The van der Waals surface area contributed by atoms with Crippen molar-refractivity contribution >= 4 is 11.0 Å². The third-order valence-electron chi connectivity index (χ3n) is 2.94. The second-order valence-electron chi connectivity index (χ2n) is 4.03. The Morgan fingerprint density at radius 3 is 2.58 bits per heavy atom. The van der Waals surface area contributed by atoms with E-state index in [4.69, 9.17) is 9.15 Å². The van der Waals surface area contributed by atoms with E-state index in [0.29, 0.717) is 5.58 Å². The molecule has 0 unspecified atom stereocenters. The first-order chi connectivity index (χ1) is 9.31. The Hall–Kier alpha value is -2.62. The SMILES string of the molecule is COc1c(-c2ccncc2)c2ccccc2oc1=O. The van der Waals surface area contributed by atoms with E-state index in [1.807, 2.05) is 30.3 Å². The van der Waals surface area contributed by atoms with Gasteiger partial charge in [0.15, 0.2) is 0 Å². The van der Waals surface area contributed by atoms with Gasteiger partial charge in [0.25, 0.3) is 0 Å². The Bertz CT molecular complexity index is 778. The molecule has 2 aromatic heterocycles. The van der Waals surface area contributed by atoms with Crippen molar-refractivity contribution in [3.8, 4) is 16.9 Å². The Kier molecular flexibility index (Phi) is 2.76. The fourth-order valence-corrected chi connectivity index (χ4v) is 2.12. The van der Waals surface area contributed by atoms with Gasteiger partial charge in [-0.25, -0.2) is 4.79 Å². The Balaban J connectivity index is 2.47. The minimum atomic E-state index is -0.479. The smallest absolute Gasteiger partial charge is 0.379 e. The average molecular weight is 253 g/mol. The molecule has 0 amide bonds. The Labute approximate surface area is 109 Å². The highest BCUT2D eigenvalue weighted by atomic mass is 16.5. The maximum absolute atomic E-state index is 12.0. The fourth-order valence-electron chi connectivity index (χ4n) is 2.12. The lowest BCUT2D eigenvalue weighted by Gasteiger charge is -2.10. The zero-order chi connectivity index (χ0) is 13.2. The summed E-state index contributed by atoms with van der Waals surface area (Å²) in [7, 11) is 1.46. The molecule has 0 N–H and O–H groups in total. The first kappa shape index (κ1) is 11.5. The minimum absolute atomic E-state index is 0.213. The van der Waals surface area contributed by atoms with E-state index in [2.05, 4.69) is 4.98 Å². The highest BCUT2D eigenvalue weighted by Gasteiger charge is 2.16. The molecule has 0 aliphatic rings. The summed E-state index contributed by atoms with van der Waals surface area (Å²) in [6, 6.07) is 11.1.